The minimum atomic E-state index is 0.380. The summed E-state index contributed by atoms with van der Waals surface area (Å²) in [5.74, 6) is 2.29. The largest absolute Gasteiger partial charge is 0.496 e. The number of thioether (sulfide) groups is 1. The van der Waals surface area contributed by atoms with Crippen LogP contribution in [0.25, 0.3) is 0 Å². The second kappa shape index (κ2) is 6.12. The third-order valence-electron chi connectivity index (χ3n) is 2.33. The third-order valence-corrected chi connectivity index (χ3v) is 3.87. The van der Waals surface area contributed by atoms with Crippen LogP contribution in [-0.2, 0) is 5.75 Å². The lowest BCUT2D eigenvalue weighted by Crippen LogP contribution is -1.99. The Hall–Kier alpha value is -1.47. The zero-order valence-corrected chi connectivity index (χ0v) is 12.7. The number of nitrogen functional groups attached to an aromatic ring is 2. The second-order valence-corrected chi connectivity index (χ2v) is 5.55. The molecule has 0 spiro atoms. The van der Waals surface area contributed by atoms with E-state index in [1.54, 1.807) is 7.11 Å². The fraction of sp³-hybridized carbons (Fsp3) is 0.167. The Bertz CT molecular complexity index is 574. The van der Waals surface area contributed by atoms with Crippen LogP contribution in [0.3, 0.4) is 0 Å². The summed E-state index contributed by atoms with van der Waals surface area (Å²) in [6.07, 6.45) is 0. The summed E-state index contributed by atoms with van der Waals surface area (Å²) in [4.78, 5) is 8.24. The second-order valence-electron chi connectivity index (χ2n) is 3.76. The van der Waals surface area contributed by atoms with Gasteiger partial charge in [-0.05, 0) is 33.6 Å². The van der Waals surface area contributed by atoms with Crippen LogP contribution in [0.2, 0.25) is 0 Å². The summed E-state index contributed by atoms with van der Waals surface area (Å²) in [7, 11) is 1.64. The van der Waals surface area contributed by atoms with Crippen molar-refractivity contribution in [3.8, 4) is 5.75 Å². The van der Waals surface area contributed by atoms with Crippen LogP contribution in [0.4, 0.5) is 11.6 Å². The lowest BCUT2D eigenvalue weighted by molar-refractivity contribution is 0.412. The fourth-order valence-electron chi connectivity index (χ4n) is 1.47. The van der Waals surface area contributed by atoms with Gasteiger partial charge >= 0.3 is 0 Å². The van der Waals surface area contributed by atoms with Crippen LogP contribution in [0, 0.1) is 0 Å². The summed E-state index contributed by atoms with van der Waals surface area (Å²) in [6, 6.07) is 7.44. The summed E-state index contributed by atoms with van der Waals surface area (Å²) < 4.78 is 6.10. The number of rotatable bonds is 4. The highest BCUT2D eigenvalue weighted by atomic mass is 79.9. The number of halogens is 1. The molecular weight excluding hydrogens is 328 g/mol. The van der Waals surface area contributed by atoms with Gasteiger partial charge in [-0.15, -0.1) is 0 Å². The fourth-order valence-corrected chi connectivity index (χ4v) is 2.88. The molecule has 2 rings (SSSR count). The monoisotopic (exact) mass is 340 g/mol. The smallest absolute Gasteiger partial charge is 0.191 e. The molecule has 1 aromatic carbocycles. The number of nitrogens with two attached hydrogens (primary N) is 2. The van der Waals surface area contributed by atoms with E-state index >= 15 is 0 Å². The molecule has 0 saturated heterocycles. The van der Waals surface area contributed by atoms with E-state index in [9.17, 15) is 0 Å². The van der Waals surface area contributed by atoms with Gasteiger partial charge in [0.2, 0.25) is 0 Å². The third kappa shape index (κ3) is 3.74. The van der Waals surface area contributed by atoms with Gasteiger partial charge in [0.25, 0.3) is 0 Å². The molecule has 4 N–H and O–H groups in total. The predicted molar refractivity (Wildman–Crippen MR) is 81.1 cm³/mol. The molecule has 0 atom stereocenters. The van der Waals surface area contributed by atoms with E-state index in [2.05, 4.69) is 25.9 Å². The first kappa shape index (κ1) is 14.0. The van der Waals surface area contributed by atoms with Crippen molar-refractivity contribution in [2.75, 3.05) is 18.6 Å². The van der Waals surface area contributed by atoms with Gasteiger partial charge in [0.15, 0.2) is 5.16 Å². The van der Waals surface area contributed by atoms with Crippen molar-refractivity contribution in [2.45, 2.75) is 10.9 Å². The number of ether oxygens (including phenoxy) is 1. The Morgan fingerprint density at radius 1 is 1.21 bits per heavy atom. The highest BCUT2D eigenvalue weighted by molar-refractivity contribution is 9.10. The van der Waals surface area contributed by atoms with Crippen LogP contribution in [0.1, 0.15) is 5.56 Å². The van der Waals surface area contributed by atoms with Crippen molar-refractivity contribution in [3.05, 3.63) is 34.3 Å². The van der Waals surface area contributed by atoms with Crippen LogP contribution in [-0.4, -0.2) is 17.1 Å². The van der Waals surface area contributed by atoms with E-state index in [-0.39, 0.29) is 0 Å². The first-order valence-electron chi connectivity index (χ1n) is 5.43. The molecule has 100 valence electrons. The molecule has 1 heterocycles. The normalized spacial score (nSPS) is 10.4. The molecule has 0 bridgehead atoms. The van der Waals surface area contributed by atoms with Crippen molar-refractivity contribution in [2.24, 2.45) is 0 Å². The maximum absolute atomic E-state index is 5.62. The molecule has 7 heteroatoms. The average Bonchev–Trinajstić information content (AvgIpc) is 2.35. The zero-order chi connectivity index (χ0) is 13.8. The van der Waals surface area contributed by atoms with Gasteiger partial charge in [-0.25, -0.2) is 9.97 Å². The highest BCUT2D eigenvalue weighted by Gasteiger charge is 2.05. The number of methoxy groups -OCH3 is 1. The highest BCUT2D eigenvalue weighted by Crippen LogP contribution is 2.28. The number of anilines is 2. The lowest BCUT2D eigenvalue weighted by atomic mass is 10.2. The lowest BCUT2D eigenvalue weighted by Gasteiger charge is -2.06. The summed E-state index contributed by atoms with van der Waals surface area (Å²) in [5, 5.41) is 0.574. The molecule has 0 amide bonds. The minimum absolute atomic E-state index is 0.380. The van der Waals surface area contributed by atoms with Crippen LogP contribution in [0.5, 0.6) is 5.75 Å². The van der Waals surface area contributed by atoms with Gasteiger partial charge in [-0.2, -0.15) is 0 Å². The first-order chi connectivity index (χ1) is 9.08. The summed E-state index contributed by atoms with van der Waals surface area (Å²) in [5.41, 5.74) is 12.4. The van der Waals surface area contributed by atoms with Crippen molar-refractivity contribution >= 4 is 39.3 Å². The number of benzene rings is 1. The standard InChI is InChI=1S/C12H13BrN4OS/c1-18-9-3-2-7(4-8(9)13)6-19-12-16-10(14)5-11(15)17-12/h2-5H,6H2,1H3,(H4,14,15,16,17). The number of hydrogen-bond acceptors (Lipinski definition) is 6. The molecule has 1 aromatic heterocycles. The van der Waals surface area contributed by atoms with Crippen LogP contribution in [0.15, 0.2) is 33.9 Å². The van der Waals surface area contributed by atoms with Crippen molar-refractivity contribution in [3.63, 3.8) is 0 Å². The molecule has 2 aromatic rings. The van der Waals surface area contributed by atoms with Crippen molar-refractivity contribution in [1.29, 1.82) is 0 Å². The van der Waals surface area contributed by atoms with Gasteiger partial charge in [-0.3, -0.25) is 0 Å². The van der Waals surface area contributed by atoms with E-state index in [1.807, 2.05) is 18.2 Å². The maximum atomic E-state index is 5.62. The molecule has 5 nitrogen and oxygen atoms in total. The Kier molecular flexibility index (Phi) is 4.49. The molecule has 0 aliphatic heterocycles. The van der Waals surface area contributed by atoms with E-state index in [0.717, 1.165) is 21.5 Å². The van der Waals surface area contributed by atoms with E-state index in [1.165, 1.54) is 17.8 Å². The van der Waals surface area contributed by atoms with Crippen molar-refractivity contribution in [1.82, 2.24) is 9.97 Å². The van der Waals surface area contributed by atoms with Crippen molar-refractivity contribution < 1.29 is 4.74 Å². The molecule has 0 saturated carbocycles. The summed E-state index contributed by atoms with van der Waals surface area (Å²) >= 11 is 4.93. The maximum Gasteiger partial charge on any atom is 0.191 e. The Morgan fingerprint density at radius 2 is 1.89 bits per heavy atom. The molecule has 0 aliphatic rings. The SMILES string of the molecule is COc1ccc(CSc2nc(N)cc(N)n2)cc1Br. The predicted octanol–water partition coefficient (Wildman–Crippen LogP) is 2.70. The quantitative estimate of drug-likeness (QED) is 0.657. The Balaban J connectivity index is 2.08. The summed E-state index contributed by atoms with van der Waals surface area (Å²) in [6.45, 7) is 0. The van der Waals surface area contributed by atoms with Gasteiger partial charge in [0, 0.05) is 11.8 Å². The molecule has 19 heavy (non-hydrogen) atoms. The Labute approximate surface area is 123 Å². The Morgan fingerprint density at radius 3 is 2.47 bits per heavy atom. The zero-order valence-electron chi connectivity index (χ0n) is 10.3. The van der Waals surface area contributed by atoms with Gasteiger partial charge in [0.05, 0.1) is 11.6 Å². The number of nitrogens with zero attached hydrogens (tertiary/aromatic N) is 2. The molecule has 0 radical (unpaired) electrons. The topological polar surface area (TPSA) is 87.0 Å². The number of hydrogen-bond donors (Lipinski definition) is 2. The number of aromatic nitrogens is 2. The minimum Gasteiger partial charge on any atom is -0.496 e. The van der Waals surface area contributed by atoms with Gasteiger partial charge < -0.3 is 16.2 Å². The van der Waals surface area contributed by atoms with Crippen LogP contribution < -0.4 is 16.2 Å². The van der Waals surface area contributed by atoms with E-state index < -0.39 is 0 Å². The van der Waals surface area contributed by atoms with Crippen LogP contribution >= 0.6 is 27.7 Å². The van der Waals surface area contributed by atoms with E-state index in [0.29, 0.717) is 16.8 Å². The van der Waals surface area contributed by atoms with E-state index in [4.69, 9.17) is 16.2 Å². The molecule has 0 fully saturated rings. The van der Waals surface area contributed by atoms with Gasteiger partial charge in [0.1, 0.15) is 17.4 Å². The molecule has 0 aliphatic carbocycles. The first-order valence-corrected chi connectivity index (χ1v) is 7.21. The molecular formula is C12H13BrN4OS. The molecule has 0 unspecified atom stereocenters. The average molecular weight is 341 g/mol. The van der Waals surface area contributed by atoms with Gasteiger partial charge in [-0.1, -0.05) is 17.8 Å².